The van der Waals surface area contributed by atoms with E-state index in [1.807, 2.05) is 48.5 Å². The quantitative estimate of drug-likeness (QED) is 0.673. The predicted octanol–water partition coefficient (Wildman–Crippen LogP) is 3.37. The van der Waals surface area contributed by atoms with E-state index in [0.717, 1.165) is 24.4 Å². The lowest BCUT2D eigenvalue weighted by atomic mass is 10.1. The molecule has 2 aromatic carbocycles. The Balaban J connectivity index is 1.41. The van der Waals surface area contributed by atoms with Crippen molar-refractivity contribution in [1.29, 1.82) is 0 Å². The number of carbonyl (C=O) groups is 2. The van der Waals surface area contributed by atoms with Gasteiger partial charge in [-0.2, -0.15) is 0 Å². The Morgan fingerprint density at radius 3 is 2.41 bits per heavy atom. The first-order chi connectivity index (χ1) is 14.2. The number of carbonyl (C=O) groups excluding carboxylic acids is 2. The van der Waals surface area contributed by atoms with Gasteiger partial charge in [-0.05, 0) is 61.6 Å². The monoisotopic (exact) mass is 395 g/mol. The minimum atomic E-state index is -0.314. The fraction of sp³-hybridized carbons (Fsp3) is 0.391. The Labute approximate surface area is 172 Å². The second kappa shape index (κ2) is 10.5. The molecular weight excluding hydrogens is 366 g/mol. The van der Waals surface area contributed by atoms with Crippen molar-refractivity contribution >= 4 is 23.2 Å². The van der Waals surface area contributed by atoms with E-state index in [1.165, 1.54) is 24.9 Å². The molecule has 2 N–H and O–H groups in total. The lowest BCUT2D eigenvalue weighted by molar-refractivity contribution is -0.126. The van der Waals surface area contributed by atoms with E-state index in [4.69, 9.17) is 4.74 Å². The minimum Gasteiger partial charge on any atom is -0.496 e. The van der Waals surface area contributed by atoms with Gasteiger partial charge in [-0.25, -0.2) is 0 Å². The lowest BCUT2D eigenvalue weighted by Crippen LogP contribution is -2.30. The SMILES string of the molecule is COc1ccccc1CCNC(=O)CC(=O)Nc1ccc(N2CCCCC2)cc1. The highest BCUT2D eigenvalue weighted by Crippen LogP contribution is 2.22. The average Bonchev–Trinajstić information content (AvgIpc) is 2.75. The molecule has 1 fully saturated rings. The van der Waals surface area contributed by atoms with Gasteiger partial charge in [0.1, 0.15) is 12.2 Å². The summed E-state index contributed by atoms with van der Waals surface area (Å²) in [5.41, 5.74) is 2.91. The van der Waals surface area contributed by atoms with Crippen molar-refractivity contribution in [2.45, 2.75) is 32.1 Å². The second-order valence-corrected chi connectivity index (χ2v) is 7.23. The van der Waals surface area contributed by atoms with Crippen molar-refractivity contribution in [3.05, 3.63) is 54.1 Å². The summed E-state index contributed by atoms with van der Waals surface area (Å²) in [4.78, 5) is 26.5. The molecule has 1 aliphatic heterocycles. The van der Waals surface area contributed by atoms with Gasteiger partial charge in [-0.3, -0.25) is 9.59 Å². The highest BCUT2D eigenvalue weighted by Gasteiger charge is 2.12. The fourth-order valence-electron chi connectivity index (χ4n) is 3.57. The zero-order valence-corrected chi connectivity index (χ0v) is 16.9. The van der Waals surface area contributed by atoms with Gasteiger partial charge in [-0.15, -0.1) is 0 Å². The number of methoxy groups -OCH3 is 1. The van der Waals surface area contributed by atoms with E-state index in [0.29, 0.717) is 18.7 Å². The molecule has 0 unspecified atom stereocenters. The number of rotatable bonds is 8. The first-order valence-corrected chi connectivity index (χ1v) is 10.2. The molecule has 6 heteroatoms. The third kappa shape index (κ3) is 6.24. The van der Waals surface area contributed by atoms with Crippen LogP contribution in [0.2, 0.25) is 0 Å². The topological polar surface area (TPSA) is 70.7 Å². The van der Waals surface area contributed by atoms with Gasteiger partial charge in [0.05, 0.1) is 7.11 Å². The van der Waals surface area contributed by atoms with E-state index in [-0.39, 0.29) is 18.2 Å². The molecular formula is C23H29N3O3. The Morgan fingerprint density at radius 2 is 1.69 bits per heavy atom. The molecule has 0 radical (unpaired) electrons. The highest BCUT2D eigenvalue weighted by molar-refractivity contribution is 6.03. The summed E-state index contributed by atoms with van der Waals surface area (Å²) in [6.07, 6.45) is 4.20. The molecule has 0 aliphatic carbocycles. The lowest BCUT2D eigenvalue weighted by Gasteiger charge is -2.28. The van der Waals surface area contributed by atoms with E-state index in [9.17, 15) is 9.59 Å². The van der Waals surface area contributed by atoms with Crippen LogP contribution in [0.25, 0.3) is 0 Å². The average molecular weight is 396 g/mol. The molecule has 6 nitrogen and oxygen atoms in total. The van der Waals surface area contributed by atoms with Crippen molar-refractivity contribution in [3.63, 3.8) is 0 Å². The molecule has 1 aliphatic rings. The standard InChI is InChI=1S/C23H29N3O3/c1-29-21-8-4-3-7-18(21)13-14-24-22(27)17-23(28)25-19-9-11-20(12-10-19)26-15-5-2-6-16-26/h3-4,7-12H,2,5-6,13-17H2,1H3,(H,24,27)(H,25,28). The number of amides is 2. The Bertz CT molecular complexity index is 814. The number of piperidine rings is 1. The van der Waals surface area contributed by atoms with E-state index >= 15 is 0 Å². The van der Waals surface area contributed by atoms with Crippen LogP contribution in [0.4, 0.5) is 11.4 Å². The van der Waals surface area contributed by atoms with E-state index in [1.54, 1.807) is 7.11 Å². The molecule has 1 heterocycles. The van der Waals surface area contributed by atoms with Crippen molar-refractivity contribution in [2.75, 3.05) is 37.0 Å². The first-order valence-electron chi connectivity index (χ1n) is 10.2. The van der Waals surface area contributed by atoms with Crippen LogP contribution in [0.5, 0.6) is 5.75 Å². The van der Waals surface area contributed by atoms with Crippen LogP contribution in [0, 0.1) is 0 Å². The number of hydrogen-bond acceptors (Lipinski definition) is 4. The van der Waals surface area contributed by atoms with Crippen molar-refractivity contribution in [3.8, 4) is 5.75 Å². The van der Waals surface area contributed by atoms with Crippen LogP contribution in [-0.2, 0) is 16.0 Å². The Kier molecular flexibility index (Phi) is 7.50. The zero-order valence-electron chi connectivity index (χ0n) is 16.9. The van der Waals surface area contributed by atoms with Crippen LogP contribution in [0.1, 0.15) is 31.2 Å². The molecule has 154 valence electrons. The summed E-state index contributed by atoms with van der Waals surface area (Å²) in [6.45, 7) is 2.62. The molecule has 29 heavy (non-hydrogen) atoms. The van der Waals surface area contributed by atoms with Crippen LogP contribution >= 0.6 is 0 Å². The molecule has 2 aromatic rings. The fourth-order valence-corrected chi connectivity index (χ4v) is 3.57. The maximum Gasteiger partial charge on any atom is 0.233 e. The molecule has 0 saturated carbocycles. The smallest absolute Gasteiger partial charge is 0.233 e. The van der Waals surface area contributed by atoms with Gasteiger partial charge >= 0.3 is 0 Å². The van der Waals surface area contributed by atoms with Crippen LogP contribution in [-0.4, -0.2) is 38.6 Å². The molecule has 0 aromatic heterocycles. The van der Waals surface area contributed by atoms with Gasteiger partial charge in [-0.1, -0.05) is 18.2 Å². The van der Waals surface area contributed by atoms with E-state index in [2.05, 4.69) is 15.5 Å². The molecule has 2 amide bonds. The number of para-hydroxylation sites is 1. The molecule has 0 bridgehead atoms. The minimum absolute atomic E-state index is 0.195. The third-order valence-electron chi connectivity index (χ3n) is 5.10. The third-order valence-corrected chi connectivity index (χ3v) is 5.10. The van der Waals surface area contributed by atoms with Crippen LogP contribution in [0.3, 0.4) is 0 Å². The number of ether oxygens (including phenoxy) is 1. The number of nitrogens with one attached hydrogen (secondary N) is 2. The highest BCUT2D eigenvalue weighted by atomic mass is 16.5. The zero-order chi connectivity index (χ0) is 20.5. The van der Waals surface area contributed by atoms with Gasteiger partial charge in [0.25, 0.3) is 0 Å². The van der Waals surface area contributed by atoms with Crippen molar-refractivity contribution < 1.29 is 14.3 Å². The van der Waals surface area contributed by atoms with Gasteiger partial charge in [0, 0.05) is 31.0 Å². The van der Waals surface area contributed by atoms with Gasteiger partial charge < -0.3 is 20.3 Å². The van der Waals surface area contributed by atoms with Gasteiger partial charge in [0.2, 0.25) is 11.8 Å². The number of nitrogens with zero attached hydrogens (tertiary/aromatic N) is 1. The summed E-state index contributed by atoms with van der Waals surface area (Å²) in [6, 6.07) is 15.5. The molecule has 0 spiro atoms. The molecule has 1 saturated heterocycles. The van der Waals surface area contributed by atoms with Crippen LogP contribution in [0.15, 0.2) is 48.5 Å². The Hall–Kier alpha value is -3.02. The first kappa shape index (κ1) is 20.7. The maximum atomic E-state index is 12.1. The van der Waals surface area contributed by atoms with Crippen LogP contribution < -0.4 is 20.3 Å². The summed E-state index contributed by atoms with van der Waals surface area (Å²) >= 11 is 0. The molecule has 3 rings (SSSR count). The van der Waals surface area contributed by atoms with Gasteiger partial charge in [0.15, 0.2) is 0 Å². The summed E-state index contributed by atoms with van der Waals surface area (Å²) in [5, 5.41) is 5.58. The summed E-state index contributed by atoms with van der Waals surface area (Å²) in [7, 11) is 1.63. The van der Waals surface area contributed by atoms with Crippen molar-refractivity contribution in [2.24, 2.45) is 0 Å². The largest absolute Gasteiger partial charge is 0.496 e. The number of benzene rings is 2. The summed E-state index contributed by atoms with van der Waals surface area (Å²) in [5.74, 6) is 0.195. The maximum absolute atomic E-state index is 12.1. The number of hydrogen-bond donors (Lipinski definition) is 2. The van der Waals surface area contributed by atoms with Crippen molar-refractivity contribution in [1.82, 2.24) is 5.32 Å². The molecule has 0 atom stereocenters. The Morgan fingerprint density at radius 1 is 0.966 bits per heavy atom. The summed E-state index contributed by atoms with van der Waals surface area (Å²) < 4.78 is 5.30. The van der Waals surface area contributed by atoms with E-state index < -0.39 is 0 Å². The second-order valence-electron chi connectivity index (χ2n) is 7.23. The number of anilines is 2. The predicted molar refractivity (Wildman–Crippen MR) is 115 cm³/mol. The normalized spacial score (nSPS) is 13.6.